The van der Waals surface area contributed by atoms with Gasteiger partial charge in [-0.2, -0.15) is 4.31 Å². The minimum atomic E-state index is -3.07. The standard InChI is InChI=1S/C14H21NO2S/c1-14(2,3)13-6-5-12-10-15(18(4,16)17)8-7-11(12)9-13/h5-6,9H,7-8,10H2,1-4H3. The van der Waals surface area contributed by atoms with Crippen molar-refractivity contribution in [3.63, 3.8) is 0 Å². The molecule has 4 heteroatoms. The smallest absolute Gasteiger partial charge is 0.211 e. The maximum atomic E-state index is 11.5. The molecule has 1 heterocycles. The number of benzene rings is 1. The first-order valence-electron chi connectivity index (χ1n) is 6.25. The van der Waals surface area contributed by atoms with Crippen molar-refractivity contribution >= 4 is 10.0 Å². The maximum Gasteiger partial charge on any atom is 0.211 e. The summed E-state index contributed by atoms with van der Waals surface area (Å²) in [6.45, 7) is 7.69. The molecule has 0 N–H and O–H groups in total. The molecule has 0 spiro atoms. The van der Waals surface area contributed by atoms with Crippen LogP contribution in [0.15, 0.2) is 18.2 Å². The van der Waals surface area contributed by atoms with Gasteiger partial charge in [-0.15, -0.1) is 0 Å². The van der Waals surface area contributed by atoms with Gasteiger partial charge in [-0.3, -0.25) is 0 Å². The van der Waals surface area contributed by atoms with Crippen LogP contribution in [-0.4, -0.2) is 25.5 Å². The number of hydrogen-bond donors (Lipinski definition) is 0. The summed E-state index contributed by atoms with van der Waals surface area (Å²) in [6.07, 6.45) is 2.09. The molecule has 0 saturated carbocycles. The van der Waals surface area contributed by atoms with E-state index in [2.05, 4.69) is 39.0 Å². The van der Waals surface area contributed by atoms with Crippen LogP contribution in [0.25, 0.3) is 0 Å². The van der Waals surface area contributed by atoms with Crippen LogP contribution in [-0.2, 0) is 28.4 Å². The van der Waals surface area contributed by atoms with Gasteiger partial charge in [0.2, 0.25) is 10.0 Å². The summed E-state index contributed by atoms with van der Waals surface area (Å²) in [4.78, 5) is 0. The topological polar surface area (TPSA) is 37.4 Å². The Bertz CT molecular complexity index is 556. The summed E-state index contributed by atoms with van der Waals surface area (Å²) in [5, 5.41) is 0. The van der Waals surface area contributed by atoms with E-state index < -0.39 is 10.0 Å². The van der Waals surface area contributed by atoms with E-state index in [9.17, 15) is 8.42 Å². The van der Waals surface area contributed by atoms with E-state index in [0.717, 1.165) is 12.0 Å². The maximum absolute atomic E-state index is 11.5. The molecule has 3 nitrogen and oxygen atoms in total. The van der Waals surface area contributed by atoms with E-state index in [4.69, 9.17) is 0 Å². The Balaban J connectivity index is 2.32. The Morgan fingerprint density at radius 1 is 1.17 bits per heavy atom. The van der Waals surface area contributed by atoms with Gasteiger partial charge in [-0.25, -0.2) is 8.42 Å². The number of sulfonamides is 1. The zero-order chi connectivity index (χ0) is 13.6. The van der Waals surface area contributed by atoms with Crippen molar-refractivity contribution in [2.75, 3.05) is 12.8 Å². The molecule has 0 bridgehead atoms. The van der Waals surface area contributed by atoms with Gasteiger partial charge in [-0.05, 0) is 28.5 Å². The van der Waals surface area contributed by atoms with Gasteiger partial charge in [-0.1, -0.05) is 39.0 Å². The second-order valence-electron chi connectivity index (χ2n) is 6.08. The highest BCUT2D eigenvalue weighted by atomic mass is 32.2. The van der Waals surface area contributed by atoms with Crippen LogP contribution in [0.2, 0.25) is 0 Å². The predicted molar refractivity (Wildman–Crippen MR) is 74.1 cm³/mol. The van der Waals surface area contributed by atoms with Gasteiger partial charge in [0.05, 0.1) is 6.26 Å². The van der Waals surface area contributed by atoms with Crippen LogP contribution in [0.5, 0.6) is 0 Å². The summed E-state index contributed by atoms with van der Waals surface area (Å²) >= 11 is 0. The van der Waals surface area contributed by atoms with Crippen LogP contribution in [0.3, 0.4) is 0 Å². The summed E-state index contributed by atoms with van der Waals surface area (Å²) < 4.78 is 24.6. The van der Waals surface area contributed by atoms with Gasteiger partial charge < -0.3 is 0 Å². The van der Waals surface area contributed by atoms with Crippen molar-refractivity contribution in [2.45, 2.75) is 39.2 Å². The molecule has 18 heavy (non-hydrogen) atoms. The molecule has 0 amide bonds. The molecule has 0 aliphatic carbocycles. The van der Waals surface area contributed by atoms with E-state index in [-0.39, 0.29) is 5.41 Å². The molecular formula is C14H21NO2S. The average molecular weight is 267 g/mol. The van der Waals surface area contributed by atoms with E-state index >= 15 is 0 Å². The molecular weight excluding hydrogens is 246 g/mol. The highest BCUT2D eigenvalue weighted by Crippen LogP contribution is 2.28. The number of hydrogen-bond acceptors (Lipinski definition) is 2. The summed E-state index contributed by atoms with van der Waals surface area (Å²) in [5.41, 5.74) is 3.89. The molecule has 1 aliphatic heterocycles. The highest BCUT2D eigenvalue weighted by Gasteiger charge is 2.24. The molecule has 2 rings (SSSR count). The summed E-state index contributed by atoms with van der Waals surface area (Å²) in [5.74, 6) is 0. The second kappa shape index (κ2) is 4.35. The van der Waals surface area contributed by atoms with E-state index in [1.807, 2.05) is 0 Å². The van der Waals surface area contributed by atoms with Crippen molar-refractivity contribution in [1.29, 1.82) is 0 Å². The molecule has 0 unspecified atom stereocenters. The first-order valence-corrected chi connectivity index (χ1v) is 8.10. The fourth-order valence-electron chi connectivity index (χ4n) is 2.28. The Kier molecular flexibility index (Phi) is 3.28. The molecule has 100 valence electrons. The quantitative estimate of drug-likeness (QED) is 0.783. The lowest BCUT2D eigenvalue weighted by Crippen LogP contribution is -2.35. The summed E-state index contributed by atoms with van der Waals surface area (Å²) in [6, 6.07) is 6.42. The normalized spacial score (nSPS) is 17.6. The van der Waals surface area contributed by atoms with E-state index in [1.165, 1.54) is 17.4 Å². The molecule has 1 aliphatic rings. The molecule has 1 aromatic carbocycles. The molecule has 0 radical (unpaired) electrons. The average Bonchev–Trinajstić information content (AvgIpc) is 2.25. The SMILES string of the molecule is CC(C)(C)c1ccc2c(c1)CCN(S(C)(=O)=O)C2. The van der Waals surface area contributed by atoms with Crippen LogP contribution in [0.4, 0.5) is 0 Å². The Morgan fingerprint density at radius 2 is 1.83 bits per heavy atom. The fourth-order valence-corrected chi connectivity index (χ4v) is 3.07. The van der Waals surface area contributed by atoms with Gasteiger partial charge in [0, 0.05) is 13.1 Å². The van der Waals surface area contributed by atoms with Crippen molar-refractivity contribution in [1.82, 2.24) is 4.31 Å². The number of fused-ring (bicyclic) bond motifs is 1. The lowest BCUT2D eigenvalue weighted by atomic mass is 9.84. The second-order valence-corrected chi connectivity index (χ2v) is 8.06. The van der Waals surface area contributed by atoms with E-state index in [0.29, 0.717) is 13.1 Å². The first kappa shape index (κ1) is 13.6. The van der Waals surface area contributed by atoms with Crippen LogP contribution < -0.4 is 0 Å². The van der Waals surface area contributed by atoms with Gasteiger partial charge >= 0.3 is 0 Å². The third kappa shape index (κ3) is 2.75. The highest BCUT2D eigenvalue weighted by molar-refractivity contribution is 7.88. The molecule has 1 aromatic rings. The largest absolute Gasteiger partial charge is 0.212 e. The lowest BCUT2D eigenvalue weighted by molar-refractivity contribution is 0.394. The van der Waals surface area contributed by atoms with Crippen molar-refractivity contribution in [3.05, 3.63) is 34.9 Å². The van der Waals surface area contributed by atoms with Gasteiger partial charge in [0.25, 0.3) is 0 Å². The Hall–Kier alpha value is -0.870. The zero-order valence-electron chi connectivity index (χ0n) is 11.5. The van der Waals surface area contributed by atoms with Crippen molar-refractivity contribution < 1.29 is 8.42 Å². The molecule has 0 atom stereocenters. The lowest BCUT2D eigenvalue weighted by Gasteiger charge is -2.28. The Morgan fingerprint density at radius 3 is 2.39 bits per heavy atom. The molecule has 0 saturated heterocycles. The number of nitrogens with zero attached hydrogens (tertiary/aromatic N) is 1. The monoisotopic (exact) mass is 267 g/mol. The molecule has 0 fully saturated rings. The Labute approximate surface area is 110 Å². The van der Waals surface area contributed by atoms with Crippen LogP contribution in [0, 0.1) is 0 Å². The van der Waals surface area contributed by atoms with Crippen LogP contribution in [0.1, 0.15) is 37.5 Å². The van der Waals surface area contributed by atoms with Crippen molar-refractivity contribution in [3.8, 4) is 0 Å². The zero-order valence-corrected chi connectivity index (χ0v) is 12.3. The van der Waals surface area contributed by atoms with E-state index in [1.54, 1.807) is 4.31 Å². The third-order valence-corrected chi connectivity index (χ3v) is 4.77. The first-order chi connectivity index (χ1) is 8.18. The minimum Gasteiger partial charge on any atom is -0.212 e. The van der Waals surface area contributed by atoms with Gasteiger partial charge in [0.1, 0.15) is 0 Å². The molecule has 0 aromatic heterocycles. The van der Waals surface area contributed by atoms with Gasteiger partial charge in [0.15, 0.2) is 0 Å². The minimum absolute atomic E-state index is 0.142. The van der Waals surface area contributed by atoms with Crippen LogP contribution >= 0.6 is 0 Å². The predicted octanol–water partition coefficient (Wildman–Crippen LogP) is 2.30. The third-order valence-electron chi connectivity index (χ3n) is 3.52. The fraction of sp³-hybridized carbons (Fsp3) is 0.571. The number of rotatable bonds is 1. The summed E-state index contributed by atoms with van der Waals surface area (Å²) in [7, 11) is -3.07. The van der Waals surface area contributed by atoms with Crippen molar-refractivity contribution in [2.24, 2.45) is 0 Å².